The molecule has 356 valence electrons. The van der Waals surface area contributed by atoms with Crippen LogP contribution in [0.4, 0.5) is 17.6 Å². The van der Waals surface area contributed by atoms with Gasteiger partial charge in [0, 0.05) is 53.0 Å². The molecule has 0 fully saturated rings. The van der Waals surface area contributed by atoms with Gasteiger partial charge in [0.2, 0.25) is 17.3 Å². The smallest absolute Gasteiger partial charge is 0.353 e. The Kier molecular flexibility index (Phi) is 14.2. The van der Waals surface area contributed by atoms with E-state index in [-0.39, 0.29) is 123 Å². The first-order valence-electron chi connectivity index (χ1n) is 19.5. The number of methoxy groups -OCH3 is 2. The molecule has 16 nitrogen and oxygen atoms in total. The molecule has 0 spiro atoms. The number of rotatable bonds is 10. The zero-order chi connectivity index (χ0) is 46.6. The maximum atomic E-state index is 15.0. The van der Waals surface area contributed by atoms with Crippen LogP contribution < -0.4 is 20.6 Å². The van der Waals surface area contributed by atoms with Gasteiger partial charge in [-0.15, -0.1) is 12.4 Å². The second kappa shape index (κ2) is 19.7. The second-order valence-corrected chi connectivity index (χ2v) is 14.5. The van der Waals surface area contributed by atoms with Gasteiger partial charge in [0.15, 0.2) is 0 Å². The number of nitrogens with one attached hydrogen (secondary N) is 2. The molecule has 2 aromatic carbocycles. The number of aromatic nitrogens is 6. The van der Waals surface area contributed by atoms with Crippen molar-refractivity contribution in [2.75, 3.05) is 14.2 Å². The molecule has 0 bridgehead atoms. The van der Waals surface area contributed by atoms with Crippen molar-refractivity contribution in [2.45, 2.75) is 27.9 Å². The average molecular weight is 971 g/mol. The molecule has 0 aliphatic heterocycles. The van der Waals surface area contributed by atoms with Crippen LogP contribution in [-0.2, 0) is 13.1 Å². The standard InChI is InChI=1S/C24H17F2N3O5.C22H13F2N3O5.2CH4.ClH/c1-32-18-6-5-14(25)16(28-18)11-29-17-10-15(26)12-7-9-34-22(12)20(17)19(21(29)24(30)31)13-4-3-8-27-23(13)33-2;23-13-7-15-18(20-11(13)3-5-32-20)17(12-2-1-4-25-21(12)29)19(22(30)31)27(15)9-10-6-16(28)26-8-14(10)24;;;/h3-10H,11H2,1-2H3,(H,30,31);1-8H,9H2,(H,25,29)(H,26,28)(H,30,31);2*1H4;1H. The highest BCUT2D eigenvalue weighted by atomic mass is 35.5. The molecule has 0 aliphatic rings. The summed E-state index contributed by atoms with van der Waals surface area (Å²) in [6.45, 7) is -0.709. The van der Waals surface area contributed by atoms with Gasteiger partial charge in [0.1, 0.15) is 45.8 Å². The number of hydrogen-bond donors (Lipinski definition) is 4. The number of carboxylic acid groups (broad SMARTS) is 2. The molecule has 10 rings (SSSR count). The summed E-state index contributed by atoms with van der Waals surface area (Å²) in [5.74, 6) is -5.17. The Hall–Kier alpha value is -8.65. The SMILES string of the molecule is C.C.COc1ccc(F)c(Cn2c(C(=O)O)c(-c3cccnc3OC)c3c4occc4c(F)cc32)n1.Cl.O=C(O)c1c(-c2ccc[nH]c2=O)c2c3occc3c(F)cc2n1Cc1cc(=O)[nH]cc1F. The van der Waals surface area contributed by atoms with Crippen LogP contribution in [0.2, 0.25) is 0 Å². The van der Waals surface area contributed by atoms with E-state index in [0.717, 1.165) is 22.9 Å². The number of fused-ring (bicyclic) bond motifs is 6. The topological polar surface area (TPSA) is 221 Å². The molecular weight excluding hydrogens is 932 g/mol. The van der Waals surface area contributed by atoms with Crippen molar-refractivity contribution in [3.63, 3.8) is 0 Å². The van der Waals surface area contributed by atoms with E-state index in [2.05, 4.69) is 19.9 Å². The van der Waals surface area contributed by atoms with Crippen LogP contribution in [0.1, 0.15) is 47.1 Å². The molecule has 0 amide bonds. The molecule has 21 heteroatoms. The normalized spacial score (nSPS) is 10.9. The van der Waals surface area contributed by atoms with Crippen molar-refractivity contribution in [3.05, 3.63) is 164 Å². The molecule has 10 aromatic rings. The van der Waals surface area contributed by atoms with Gasteiger partial charge in [-0.25, -0.2) is 37.1 Å². The first kappa shape index (κ1) is 49.8. The average Bonchev–Trinajstić information content (AvgIpc) is 4.11. The zero-order valence-electron chi connectivity index (χ0n) is 34.5. The number of pyridine rings is 4. The van der Waals surface area contributed by atoms with E-state index < -0.39 is 52.9 Å². The summed E-state index contributed by atoms with van der Waals surface area (Å²) in [6.07, 6.45) is 6.32. The summed E-state index contributed by atoms with van der Waals surface area (Å²) in [6, 6.07) is 14.9. The first-order chi connectivity index (χ1) is 31.8. The molecule has 0 saturated carbocycles. The Morgan fingerprint density at radius 3 is 1.86 bits per heavy atom. The van der Waals surface area contributed by atoms with Gasteiger partial charge in [-0.1, -0.05) is 14.9 Å². The summed E-state index contributed by atoms with van der Waals surface area (Å²) in [5.41, 5.74) is -0.924. The summed E-state index contributed by atoms with van der Waals surface area (Å²) in [5, 5.41) is 21.1. The number of carbonyl (C=O) groups is 2. The van der Waals surface area contributed by atoms with Crippen molar-refractivity contribution < 1.29 is 55.7 Å². The lowest BCUT2D eigenvalue weighted by Crippen LogP contribution is -2.15. The van der Waals surface area contributed by atoms with Crippen LogP contribution in [-0.4, -0.2) is 65.4 Å². The maximum absolute atomic E-state index is 15.0. The monoisotopic (exact) mass is 970 g/mol. The highest BCUT2D eigenvalue weighted by molar-refractivity contribution is 6.18. The van der Waals surface area contributed by atoms with Crippen LogP contribution in [0.3, 0.4) is 0 Å². The number of hydrogen-bond acceptors (Lipinski definition) is 10. The minimum absolute atomic E-state index is 0. The van der Waals surface area contributed by atoms with Gasteiger partial charge >= 0.3 is 11.9 Å². The lowest BCUT2D eigenvalue weighted by atomic mass is 10.0. The molecule has 0 aliphatic carbocycles. The number of ether oxygens (including phenoxy) is 2. The van der Waals surface area contributed by atoms with Crippen LogP contribution in [0.15, 0.2) is 116 Å². The van der Waals surface area contributed by atoms with Gasteiger partial charge in [0.05, 0.1) is 83.7 Å². The summed E-state index contributed by atoms with van der Waals surface area (Å²) >= 11 is 0. The van der Waals surface area contributed by atoms with Crippen molar-refractivity contribution >= 4 is 68.1 Å². The number of nitrogens with zero attached hydrogens (tertiary/aromatic N) is 4. The molecular formula is C48H39ClF4N6O10. The van der Waals surface area contributed by atoms with E-state index in [0.29, 0.717) is 10.9 Å². The number of benzene rings is 2. The van der Waals surface area contributed by atoms with Crippen molar-refractivity contribution in [1.82, 2.24) is 29.1 Å². The predicted octanol–water partition coefficient (Wildman–Crippen LogP) is 10.0. The van der Waals surface area contributed by atoms with Crippen molar-refractivity contribution in [1.29, 1.82) is 0 Å². The first-order valence-corrected chi connectivity index (χ1v) is 19.5. The van der Waals surface area contributed by atoms with E-state index in [4.69, 9.17) is 18.3 Å². The number of aromatic carboxylic acids is 2. The number of furan rings is 2. The van der Waals surface area contributed by atoms with Gasteiger partial charge in [-0.3, -0.25) is 9.59 Å². The third-order valence-electron chi connectivity index (χ3n) is 10.9. The largest absolute Gasteiger partial charge is 0.481 e. The van der Waals surface area contributed by atoms with Crippen LogP contribution in [0.25, 0.3) is 66.0 Å². The lowest BCUT2D eigenvalue weighted by molar-refractivity contribution is 0.0676. The molecule has 4 N–H and O–H groups in total. The molecule has 8 aromatic heterocycles. The fourth-order valence-corrected chi connectivity index (χ4v) is 8.10. The third kappa shape index (κ3) is 8.52. The molecule has 8 heterocycles. The fraction of sp³-hybridized carbons (Fsp3) is 0.125. The van der Waals surface area contributed by atoms with E-state index in [9.17, 15) is 47.0 Å². The van der Waals surface area contributed by atoms with Crippen LogP contribution in [0.5, 0.6) is 11.8 Å². The molecule has 0 saturated heterocycles. The second-order valence-electron chi connectivity index (χ2n) is 14.5. The van der Waals surface area contributed by atoms with E-state index in [1.165, 1.54) is 86.2 Å². The number of halogens is 5. The van der Waals surface area contributed by atoms with E-state index in [1.807, 2.05) is 0 Å². The van der Waals surface area contributed by atoms with Crippen molar-refractivity contribution in [2.24, 2.45) is 0 Å². The van der Waals surface area contributed by atoms with Crippen LogP contribution >= 0.6 is 12.4 Å². The summed E-state index contributed by atoms with van der Waals surface area (Å²) in [4.78, 5) is 62.2. The minimum Gasteiger partial charge on any atom is -0.481 e. The minimum atomic E-state index is -1.43. The van der Waals surface area contributed by atoms with Gasteiger partial charge in [-0.05, 0) is 54.6 Å². The summed E-state index contributed by atoms with van der Waals surface area (Å²) in [7, 11) is 2.79. The van der Waals surface area contributed by atoms with Gasteiger partial charge in [0.25, 0.3) is 5.56 Å². The number of carboxylic acids is 2. The number of H-pyrrole nitrogens is 2. The molecule has 0 atom stereocenters. The lowest BCUT2D eigenvalue weighted by Gasteiger charge is -2.11. The highest BCUT2D eigenvalue weighted by Crippen LogP contribution is 2.44. The van der Waals surface area contributed by atoms with E-state index >= 15 is 0 Å². The fourth-order valence-electron chi connectivity index (χ4n) is 8.10. The van der Waals surface area contributed by atoms with Crippen LogP contribution in [0, 0.1) is 23.3 Å². The van der Waals surface area contributed by atoms with Gasteiger partial charge < -0.3 is 47.6 Å². The Morgan fingerprint density at radius 2 is 1.29 bits per heavy atom. The van der Waals surface area contributed by atoms with Gasteiger partial charge in [-0.2, -0.15) is 0 Å². The predicted molar refractivity (Wildman–Crippen MR) is 250 cm³/mol. The molecule has 0 radical (unpaired) electrons. The Balaban J connectivity index is 0.000000218. The quantitative estimate of drug-likeness (QED) is 0.0941. The Bertz CT molecular complexity index is 3720. The third-order valence-corrected chi connectivity index (χ3v) is 10.9. The van der Waals surface area contributed by atoms with Crippen molar-refractivity contribution in [3.8, 4) is 34.0 Å². The number of aromatic amines is 2. The zero-order valence-corrected chi connectivity index (χ0v) is 35.3. The summed E-state index contributed by atoms with van der Waals surface area (Å²) < 4.78 is 82.8. The maximum Gasteiger partial charge on any atom is 0.353 e. The molecule has 69 heavy (non-hydrogen) atoms. The van der Waals surface area contributed by atoms with E-state index in [1.54, 1.807) is 12.1 Å². The molecule has 0 unspecified atom stereocenters. The Morgan fingerprint density at radius 1 is 0.710 bits per heavy atom. The highest BCUT2D eigenvalue weighted by Gasteiger charge is 2.31. The Labute approximate surface area is 392 Å².